The highest BCUT2D eigenvalue weighted by Gasteiger charge is 2.34. The number of aliphatic hydroxyl groups excluding tert-OH is 1. The van der Waals surface area contributed by atoms with E-state index >= 15 is 0 Å². The van der Waals surface area contributed by atoms with E-state index in [2.05, 4.69) is 15.6 Å². The number of aryl methyl sites for hydroxylation is 1. The third kappa shape index (κ3) is 4.30. The van der Waals surface area contributed by atoms with Gasteiger partial charge < -0.3 is 14.8 Å². The van der Waals surface area contributed by atoms with Crippen molar-refractivity contribution in [2.24, 2.45) is 0 Å². The van der Waals surface area contributed by atoms with Crippen LogP contribution in [-0.4, -0.2) is 26.6 Å². The van der Waals surface area contributed by atoms with Crippen molar-refractivity contribution in [1.82, 2.24) is 14.7 Å². The van der Waals surface area contributed by atoms with Gasteiger partial charge in [-0.25, -0.2) is 4.98 Å². The van der Waals surface area contributed by atoms with E-state index in [0.717, 1.165) is 48.4 Å². The number of aromatic nitrogens is 2. The van der Waals surface area contributed by atoms with Crippen LogP contribution in [0.15, 0.2) is 53.1 Å². The molecule has 0 saturated heterocycles. The number of aliphatic hydroxyl groups is 1. The lowest BCUT2D eigenvalue weighted by Gasteiger charge is -2.31. The van der Waals surface area contributed by atoms with Crippen molar-refractivity contribution in [3.8, 4) is 0 Å². The van der Waals surface area contributed by atoms with Crippen molar-refractivity contribution in [1.29, 1.82) is 0 Å². The fourth-order valence-corrected chi connectivity index (χ4v) is 4.63. The number of halogens is 3. The Morgan fingerprint density at radius 1 is 1.06 bits per heavy atom. The highest BCUT2D eigenvalue weighted by molar-refractivity contribution is 5.81. The summed E-state index contributed by atoms with van der Waals surface area (Å²) in [6.07, 6.45) is -1.07. The number of nitrogens with zero attached hydrogens (tertiary/aromatic N) is 2. The van der Waals surface area contributed by atoms with Gasteiger partial charge in [0.15, 0.2) is 17.7 Å². The average molecular weight is 458 g/mol. The summed E-state index contributed by atoms with van der Waals surface area (Å²) in [5.41, 5.74) is 1.03. The molecule has 3 heterocycles. The number of furan rings is 1. The molecule has 0 amide bonds. The van der Waals surface area contributed by atoms with Gasteiger partial charge in [0.1, 0.15) is 17.0 Å². The van der Waals surface area contributed by atoms with E-state index in [-0.39, 0.29) is 17.7 Å². The topological polar surface area (TPSA) is 74.7 Å². The summed E-state index contributed by atoms with van der Waals surface area (Å²) in [4.78, 5) is 3.69. The Morgan fingerprint density at radius 2 is 1.79 bits per heavy atom. The minimum atomic E-state index is -4.48. The molecule has 5 rings (SSSR count). The van der Waals surface area contributed by atoms with Crippen LogP contribution in [-0.2, 0) is 6.18 Å². The summed E-state index contributed by atoms with van der Waals surface area (Å²) in [5, 5.41) is 18.3. The van der Waals surface area contributed by atoms with Gasteiger partial charge in [-0.1, -0.05) is 24.3 Å². The average Bonchev–Trinajstić information content (AvgIpc) is 3.38. The molecule has 174 valence electrons. The molecule has 1 aromatic carbocycles. The van der Waals surface area contributed by atoms with Gasteiger partial charge in [0.2, 0.25) is 0 Å². The summed E-state index contributed by atoms with van der Waals surface area (Å²) >= 11 is 0. The minimum Gasteiger partial charge on any atom is -0.457 e. The lowest BCUT2D eigenvalue weighted by atomic mass is 9.91. The first kappa shape index (κ1) is 21.8. The molecule has 1 aliphatic rings. The van der Waals surface area contributed by atoms with Crippen molar-refractivity contribution in [2.45, 2.75) is 57.1 Å². The summed E-state index contributed by atoms with van der Waals surface area (Å²) in [5.74, 6) is 1.12. The maximum absolute atomic E-state index is 13.0. The first-order valence-electron chi connectivity index (χ1n) is 11.0. The second-order valence-electron chi connectivity index (χ2n) is 8.61. The number of fused-ring (bicyclic) bond motifs is 2. The van der Waals surface area contributed by atoms with E-state index < -0.39 is 18.1 Å². The molecule has 0 aliphatic heterocycles. The number of pyridine rings is 1. The first-order chi connectivity index (χ1) is 15.8. The van der Waals surface area contributed by atoms with Gasteiger partial charge >= 0.3 is 6.18 Å². The molecular formula is C24H25F3N4O2. The van der Waals surface area contributed by atoms with Gasteiger partial charge in [-0.2, -0.15) is 13.2 Å². The number of rotatable bonds is 5. The van der Waals surface area contributed by atoms with E-state index in [1.165, 1.54) is 4.40 Å². The quantitative estimate of drug-likeness (QED) is 0.349. The van der Waals surface area contributed by atoms with Gasteiger partial charge in [0.25, 0.3) is 0 Å². The van der Waals surface area contributed by atoms with Crippen molar-refractivity contribution in [2.75, 3.05) is 5.32 Å². The Balaban J connectivity index is 1.22. The maximum Gasteiger partial charge on any atom is 0.434 e. The molecule has 1 saturated carbocycles. The summed E-state index contributed by atoms with van der Waals surface area (Å²) in [6.45, 7) is 1.94. The number of anilines is 1. The zero-order chi connectivity index (χ0) is 23.2. The molecule has 3 aromatic heterocycles. The van der Waals surface area contributed by atoms with Crippen LogP contribution in [0.25, 0.3) is 16.6 Å². The summed E-state index contributed by atoms with van der Waals surface area (Å²) < 4.78 is 46.4. The Kier molecular flexibility index (Phi) is 5.54. The third-order valence-corrected chi connectivity index (χ3v) is 6.38. The van der Waals surface area contributed by atoms with Crippen LogP contribution >= 0.6 is 0 Å². The number of nitrogens with one attached hydrogen (secondary N) is 2. The van der Waals surface area contributed by atoms with Crippen LogP contribution in [0, 0.1) is 6.92 Å². The van der Waals surface area contributed by atoms with Crippen LogP contribution in [0.4, 0.5) is 19.0 Å². The Morgan fingerprint density at radius 3 is 2.52 bits per heavy atom. The molecule has 1 unspecified atom stereocenters. The maximum atomic E-state index is 13.0. The van der Waals surface area contributed by atoms with Crippen LogP contribution in [0.5, 0.6) is 0 Å². The number of benzene rings is 1. The molecule has 0 spiro atoms. The second kappa shape index (κ2) is 8.39. The number of hydrogen-bond acceptors (Lipinski definition) is 5. The number of hydrogen-bond donors (Lipinski definition) is 3. The zero-order valence-electron chi connectivity index (χ0n) is 18.1. The molecule has 0 bridgehead atoms. The first-order valence-corrected chi connectivity index (χ1v) is 11.0. The van der Waals surface area contributed by atoms with Gasteiger partial charge in [0.05, 0.1) is 0 Å². The molecule has 1 fully saturated rings. The second-order valence-corrected chi connectivity index (χ2v) is 8.61. The van der Waals surface area contributed by atoms with Crippen LogP contribution in [0.2, 0.25) is 0 Å². The van der Waals surface area contributed by atoms with Crippen LogP contribution in [0.1, 0.15) is 48.9 Å². The van der Waals surface area contributed by atoms with Crippen molar-refractivity contribution in [3.63, 3.8) is 0 Å². The van der Waals surface area contributed by atoms with Gasteiger partial charge in [-0.15, -0.1) is 0 Å². The van der Waals surface area contributed by atoms with Crippen LogP contribution < -0.4 is 10.6 Å². The third-order valence-electron chi connectivity index (χ3n) is 6.38. The highest BCUT2D eigenvalue weighted by Crippen LogP contribution is 2.32. The van der Waals surface area contributed by atoms with Gasteiger partial charge in [-0.05, 0) is 50.8 Å². The molecule has 1 aliphatic carbocycles. The standard InChI is InChI=1S/C24H25F3N4O2/c1-14-17-5-2-3-6-18(17)33-22(14)23(32)29-16-11-9-15(10-12-16)28-20-7-4-8-21-30-19(13-31(20)21)24(25,26)27/h2-8,13,15-16,23,28-29,32H,9-12H2,1H3/t15-,16+,23?. The van der Waals surface area contributed by atoms with Crippen molar-refractivity contribution in [3.05, 3.63) is 65.7 Å². The summed E-state index contributed by atoms with van der Waals surface area (Å²) in [7, 11) is 0. The smallest absolute Gasteiger partial charge is 0.434 e. The van der Waals surface area contributed by atoms with Crippen molar-refractivity contribution < 1.29 is 22.7 Å². The number of imidazole rings is 1. The summed E-state index contributed by atoms with van der Waals surface area (Å²) in [6, 6.07) is 12.9. The van der Waals surface area contributed by atoms with Crippen LogP contribution in [0.3, 0.4) is 0 Å². The Hall–Kier alpha value is -3.04. The lowest BCUT2D eigenvalue weighted by molar-refractivity contribution is -0.140. The molecule has 0 radical (unpaired) electrons. The normalized spacial score (nSPS) is 20.4. The van der Waals surface area contributed by atoms with E-state index in [0.29, 0.717) is 11.6 Å². The highest BCUT2D eigenvalue weighted by atomic mass is 19.4. The molecular weight excluding hydrogens is 433 g/mol. The van der Waals surface area contributed by atoms with Crippen molar-refractivity contribution >= 4 is 22.4 Å². The van der Waals surface area contributed by atoms with Gasteiger partial charge in [-0.3, -0.25) is 9.72 Å². The predicted octanol–water partition coefficient (Wildman–Crippen LogP) is 5.41. The molecule has 1 atom stereocenters. The number of para-hydroxylation sites is 1. The molecule has 33 heavy (non-hydrogen) atoms. The number of alkyl halides is 3. The fourth-order valence-electron chi connectivity index (χ4n) is 4.63. The van der Waals surface area contributed by atoms with E-state index in [1.54, 1.807) is 18.2 Å². The monoisotopic (exact) mass is 458 g/mol. The fraction of sp³-hybridized carbons (Fsp3) is 0.375. The zero-order valence-corrected chi connectivity index (χ0v) is 18.1. The predicted molar refractivity (Wildman–Crippen MR) is 119 cm³/mol. The SMILES string of the molecule is Cc1c(C(O)N[C@H]2CC[C@@H](Nc3cccc4nc(C(F)(F)F)cn34)CC2)oc2ccccc12. The Labute approximate surface area is 188 Å². The lowest BCUT2D eigenvalue weighted by Crippen LogP contribution is -2.39. The molecule has 9 heteroatoms. The van der Waals surface area contributed by atoms with E-state index in [1.807, 2.05) is 31.2 Å². The van der Waals surface area contributed by atoms with Gasteiger partial charge in [0, 0.05) is 29.2 Å². The Bertz CT molecular complexity index is 1270. The molecule has 4 aromatic rings. The largest absolute Gasteiger partial charge is 0.457 e. The van der Waals surface area contributed by atoms with E-state index in [9.17, 15) is 18.3 Å². The molecule has 3 N–H and O–H groups in total. The van der Waals surface area contributed by atoms with E-state index in [4.69, 9.17) is 4.42 Å². The molecule has 6 nitrogen and oxygen atoms in total. The minimum absolute atomic E-state index is 0.117.